The van der Waals surface area contributed by atoms with Crippen LogP contribution in [0.1, 0.15) is 22.9 Å². The topological polar surface area (TPSA) is 88.5 Å². The highest BCUT2D eigenvalue weighted by Crippen LogP contribution is 2.41. The van der Waals surface area contributed by atoms with Gasteiger partial charge in [-0.3, -0.25) is 9.71 Å². The van der Waals surface area contributed by atoms with Crippen LogP contribution >= 0.6 is 0 Å². The zero-order valence-corrected chi connectivity index (χ0v) is 18.3. The molecule has 0 amide bonds. The van der Waals surface area contributed by atoms with Gasteiger partial charge >= 0.3 is 15.5 Å². The third-order valence-corrected chi connectivity index (χ3v) is 6.69. The van der Waals surface area contributed by atoms with E-state index in [1.54, 1.807) is 35.2 Å². The van der Waals surface area contributed by atoms with Crippen molar-refractivity contribution < 1.29 is 31.4 Å². The van der Waals surface area contributed by atoms with Gasteiger partial charge in [-0.1, -0.05) is 36.4 Å². The highest BCUT2D eigenvalue weighted by molar-refractivity contribution is 7.93. The lowest BCUT2D eigenvalue weighted by Gasteiger charge is -2.31. The van der Waals surface area contributed by atoms with Crippen LogP contribution in [0.3, 0.4) is 0 Å². The first kappa shape index (κ1) is 23.1. The average Bonchev–Trinajstić information content (AvgIpc) is 2.76. The number of hydrogen-bond donors (Lipinski definition) is 2. The van der Waals surface area contributed by atoms with Crippen LogP contribution in [0.4, 0.5) is 18.9 Å². The van der Waals surface area contributed by atoms with Gasteiger partial charge in [-0.15, -0.1) is 0 Å². The molecule has 1 aliphatic heterocycles. The number of nitrogens with zero attached hydrogens (tertiary/aromatic N) is 1. The number of sulfonamides is 1. The Bertz CT molecular complexity index is 1280. The number of benzene rings is 2. The van der Waals surface area contributed by atoms with Crippen molar-refractivity contribution in [3.63, 3.8) is 0 Å². The Balaban J connectivity index is 1.61. The predicted molar refractivity (Wildman–Crippen MR) is 117 cm³/mol. The molecule has 1 aromatic heterocycles. The van der Waals surface area contributed by atoms with E-state index < -0.39 is 21.6 Å². The number of para-hydroxylation sites is 1. The number of aryl methyl sites for hydroxylation is 1. The molecule has 174 valence electrons. The molecule has 1 aliphatic rings. The first-order chi connectivity index (χ1) is 15.6. The molecular formula is C23H21F3N2O4S. The molecule has 2 heterocycles. The fraction of sp³-hybridized carbons (Fsp3) is 0.261. The first-order valence-electron chi connectivity index (χ1n) is 10.1. The Hall–Kier alpha value is -3.11. The third-order valence-electron chi connectivity index (χ3n) is 5.59. The van der Waals surface area contributed by atoms with Crippen LogP contribution in [-0.4, -0.2) is 30.6 Å². The standard InChI is InChI=1S/C23H21F3N2O4S/c1-14-5-4-10-27-20(14)11-16-13-32-21-12-15(8-9-18(21)22(16)29)17-6-2-3-7-19(17)28-33(30,31)23(24,25)26/h2-10,12,16,22,28-29H,11,13H2,1H3/t16-,22+/m1/s1. The molecule has 0 bridgehead atoms. The summed E-state index contributed by atoms with van der Waals surface area (Å²) in [5, 5.41) is 10.9. The number of ether oxygens (including phenoxy) is 1. The van der Waals surface area contributed by atoms with E-state index in [0.717, 1.165) is 11.3 Å². The van der Waals surface area contributed by atoms with Crippen molar-refractivity contribution in [3.05, 3.63) is 77.6 Å². The highest BCUT2D eigenvalue weighted by Gasteiger charge is 2.46. The monoisotopic (exact) mass is 478 g/mol. The lowest BCUT2D eigenvalue weighted by molar-refractivity contribution is -0.0429. The molecule has 0 aliphatic carbocycles. The van der Waals surface area contributed by atoms with E-state index >= 15 is 0 Å². The zero-order valence-electron chi connectivity index (χ0n) is 17.5. The van der Waals surface area contributed by atoms with Crippen LogP contribution < -0.4 is 9.46 Å². The number of aliphatic hydroxyl groups excluding tert-OH is 1. The van der Waals surface area contributed by atoms with Crippen LogP contribution in [-0.2, 0) is 16.4 Å². The molecule has 33 heavy (non-hydrogen) atoms. The molecule has 0 saturated heterocycles. The Morgan fingerprint density at radius 3 is 2.64 bits per heavy atom. The van der Waals surface area contributed by atoms with Gasteiger partial charge in [0.1, 0.15) is 5.75 Å². The summed E-state index contributed by atoms with van der Waals surface area (Å²) in [4.78, 5) is 4.37. The summed E-state index contributed by atoms with van der Waals surface area (Å²) < 4.78 is 69.2. The molecule has 0 saturated carbocycles. The van der Waals surface area contributed by atoms with E-state index in [2.05, 4.69) is 4.98 Å². The summed E-state index contributed by atoms with van der Waals surface area (Å²) in [5.74, 6) is 0.172. The number of hydrogen-bond acceptors (Lipinski definition) is 5. The Kier molecular flexibility index (Phi) is 6.06. The van der Waals surface area contributed by atoms with Gasteiger partial charge in [-0.2, -0.15) is 21.6 Å². The average molecular weight is 478 g/mol. The van der Waals surface area contributed by atoms with Crippen LogP contribution in [0, 0.1) is 12.8 Å². The minimum Gasteiger partial charge on any atom is -0.493 e. The fourth-order valence-corrected chi connectivity index (χ4v) is 4.37. The van der Waals surface area contributed by atoms with Gasteiger partial charge in [0, 0.05) is 28.9 Å². The second-order valence-corrected chi connectivity index (χ2v) is 9.51. The summed E-state index contributed by atoms with van der Waals surface area (Å²) in [7, 11) is -5.58. The molecule has 0 spiro atoms. The maximum atomic E-state index is 12.8. The van der Waals surface area contributed by atoms with E-state index in [1.165, 1.54) is 18.2 Å². The Morgan fingerprint density at radius 1 is 1.15 bits per heavy atom. The summed E-state index contributed by atoms with van der Waals surface area (Å²) in [6.07, 6.45) is 1.41. The SMILES string of the molecule is Cc1cccnc1C[C@@H]1COc2cc(-c3ccccc3NS(=O)(=O)C(F)(F)F)ccc2[C@H]1O. The zero-order chi connectivity index (χ0) is 23.8. The molecule has 0 radical (unpaired) electrons. The minimum atomic E-state index is -5.58. The van der Waals surface area contributed by atoms with E-state index in [1.807, 2.05) is 19.1 Å². The van der Waals surface area contributed by atoms with Crippen molar-refractivity contribution in [2.75, 3.05) is 11.3 Å². The molecule has 4 rings (SSSR count). The predicted octanol–water partition coefficient (Wildman–Crippen LogP) is 4.60. The number of halogens is 3. The summed E-state index contributed by atoms with van der Waals surface area (Å²) in [6, 6.07) is 14.4. The number of alkyl halides is 3. The van der Waals surface area contributed by atoms with Gasteiger partial charge in [0.2, 0.25) is 0 Å². The molecule has 2 N–H and O–H groups in total. The number of nitrogens with one attached hydrogen (secondary N) is 1. The molecular weight excluding hydrogens is 457 g/mol. The van der Waals surface area contributed by atoms with E-state index in [9.17, 15) is 26.7 Å². The quantitative estimate of drug-likeness (QED) is 0.560. The van der Waals surface area contributed by atoms with Crippen LogP contribution in [0.2, 0.25) is 0 Å². The first-order valence-corrected chi connectivity index (χ1v) is 11.6. The second-order valence-electron chi connectivity index (χ2n) is 7.84. The van der Waals surface area contributed by atoms with Crippen molar-refractivity contribution in [2.24, 2.45) is 5.92 Å². The van der Waals surface area contributed by atoms with Crippen molar-refractivity contribution in [3.8, 4) is 16.9 Å². The highest BCUT2D eigenvalue weighted by atomic mass is 32.2. The normalized spacial score (nSPS) is 18.3. The van der Waals surface area contributed by atoms with Gasteiger partial charge in [-0.05, 0) is 42.7 Å². The van der Waals surface area contributed by atoms with E-state index in [4.69, 9.17) is 4.74 Å². The summed E-state index contributed by atoms with van der Waals surface area (Å²) in [6.45, 7) is 2.18. The third kappa shape index (κ3) is 4.67. The Labute approximate surface area is 189 Å². The lowest BCUT2D eigenvalue weighted by Crippen LogP contribution is -2.30. The number of rotatable bonds is 5. The van der Waals surface area contributed by atoms with Crippen molar-refractivity contribution in [1.29, 1.82) is 0 Å². The summed E-state index contributed by atoms with van der Waals surface area (Å²) >= 11 is 0. The molecule has 2 aromatic carbocycles. The summed E-state index contributed by atoms with van der Waals surface area (Å²) in [5.41, 5.74) is -2.52. The number of anilines is 1. The maximum Gasteiger partial charge on any atom is 0.516 e. The van der Waals surface area contributed by atoms with Gasteiger partial charge in [0.25, 0.3) is 0 Å². The van der Waals surface area contributed by atoms with Crippen molar-refractivity contribution >= 4 is 15.7 Å². The molecule has 0 fully saturated rings. The molecule has 3 aromatic rings. The van der Waals surface area contributed by atoms with Gasteiger partial charge in [0.05, 0.1) is 18.4 Å². The van der Waals surface area contributed by atoms with E-state index in [0.29, 0.717) is 23.3 Å². The number of fused-ring (bicyclic) bond motifs is 1. The minimum absolute atomic E-state index is 0.213. The lowest BCUT2D eigenvalue weighted by atomic mass is 9.87. The maximum absolute atomic E-state index is 12.8. The number of aromatic nitrogens is 1. The fourth-order valence-electron chi connectivity index (χ4n) is 3.79. The van der Waals surface area contributed by atoms with Crippen LogP contribution in [0.15, 0.2) is 60.8 Å². The molecule has 6 nitrogen and oxygen atoms in total. The number of aliphatic hydroxyl groups is 1. The van der Waals surface area contributed by atoms with Crippen molar-refractivity contribution in [2.45, 2.75) is 25.0 Å². The largest absolute Gasteiger partial charge is 0.516 e. The number of pyridine rings is 1. The van der Waals surface area contributed by atoms with Crippen LogP contribution in [0.5, 0.6) is 5.75 Å². The Morgan fingerprint density at radius 2 is 1.91 bits per heavy atom. The molecule has 2 atom stereocenters. The van der Waals surface area contributed by atoms with E-state index in [-0.39, 0.29) is 23.8 Å². The van der Waals surface area contributed by atoms with Gasteiger partial charge in [-0.25, -0.2) is 0 Å². The molecule has 10 heteroatoms. The smallest absolute Gasteiger partial charge is 0.493 e. The second kappa shape index (κ2) is 8.68. The van der Waals surface area contributed by atoms with Gasteiger partial charge < -0.3 is 9.84 Å². The molecule has 0 unspecified atom stereocenters. The van der Waals surface area contributed by atoms with Crippen molar-refractivity contribution in [1.82, 2.24) is 4.98 Å². The van der Waals surface area contributed by atoms with Gasteiger partial charge in [0.15, 0.2) is 0 Å². The van der Waals surface area contributed by atoms with Crippen LogP contribution in [0.25, 0.3) is 11.1 Å².